The molecule has 2 aromatic carbocycles. The summed E-state index contributed by atoms with van der Waals surface area (Å²) in [5.41, 5.74) is 3.74. The molecule has 1 amide bonds. The number of amides is 1. The van der Waals surface area contributed by atoms with Gasteiger partial charge in [-0.1, -0.05) is 25.0 Å². The minimum Gasteiger partial charge on any atom is -0.486 e. The lowest BCUT2D eigenvalue weighted by Gasteiger charge is -2.43. The van der Waals surface area contributed by atoms with E-state index < -0.39 is 5.76 Å². The average Bonchev–Trinajstić information content (AvgIpc) is 3.40. The second-order valence-electron chi connectivity index (χ2n) is 9.13. The lowest BCUT2D eigenvalue weighted by molar-refractivity contribution is -0.133. The van der Waals surface area contributed by atoms with Crippen molar-refractivity contribution in [1.29, 1.82) is 0 Å². The largest absolute Gasteiger partial charge is 0.486 e. The number of hydrogen-bond donors (Lipinski definition) is 0. The monoisotopic (exact) mass is 434 g/mol. The van der Waals surface area contributed by atoms with Gasteiger partial charge in [-0.05, 0) is 48.2 Å². The average molecular weight is 434 g/mol. The molecule has 0 saturated heterocycles. The Morgan fingerprint density at radius 3 is 2.59 bits per heavy atom. The zero-order valence-electron chi connectivity index (χ0n) is 18.0. The number of oxazole rings is 1. The lowest BCUT2D eigenvalue weighted by Crippen LogP contribution is -2.47. The third-order valence-electron chi connectivity index (χ3n) is 7.23. The molecule has 7 heteroatoms. The number of hydrogen-bond acceptors (Lipinski definition) is 5. The van der Waals surface area contributed by atoms with Crippen molar-refractivity contribution in [2.45, 2.75) is 50.6 Å². The summed E-state index contributed by atoms with van der Waals surface area (Å²) in [4.78, 5) is 27.5. The number of benzene rings is 2. The van der Waals surface area contributed by atoms with Crippen LogP contribution in [0.4, 0.5) is 0 Å². The number of carbonyl (C=O) groups excluding carboxylic acids is 1. The SMILES string of the molecule is O=C(CCn1c(=O)oc2ccccc21)N1Cc2cc3c(cc2C2(CCCC2)C1)OCCO3. The number of carbonyl (C=O) groups is 1. The van der Waals surface area contributed by atoms with Crippen molar-refractivity contribution in [3.8, 4) is 11.5 Å². The first-order valence-corrected chi connectivity index (χ1v) is 11.4. The molecule has 1 fully saturated rings. The Kier molecular flexibility index (Phi) is 4.52. The van der Waals surface area contributed by atoms with Gasteiger partial charge in [0.2, 0.25) is 5.91 Å². The lowest BCUT2D eigenvalue weighted by atomic mass is 9.73. The molecule has 3 aliphatic rings. The summed E-state index contributed by atoms with van der Waals surface area (Å²) in [6.45, 7) is 2.72. The first kappa shape index (κ1) is 19.5. The van der Waals surface area contributed by atoms with Gasteiger partial charge >= 0.3 is 5.76 Å². The van der Waals surface area contributed by atoms with Gasteiger partial charge in [0, 0.05) is 31.5 Å². The highest BCUT2D eigenvalue weighted by Crippen LogP contribution is 2.49. The molecule has 166 valence electrons. The van der Waals surface area contributed by atoms with E-state index in [4.69, 9.17) is 13.9 Å². The van der Waals surface area contributed by atoms with Crippen LogP contribution in [0.25, 0.3) is 11.1 Å². The topological polar surface area (TPSA) is 73.9 Å². The van der Waals surface area contributed by atoms with Crippen LogP contribution in [0.1, 0.15) is 43.2 Å². The van der Waals surface area contributed by atoms with E-state index in [0.717, 1.165) is 42.0 Å². The van der Waals surface area contributed by atoms with Crippen molar-refractivity contribution in [1.82, 2.24) is 9.47 Å². The number of rotatable bonds is 3. The molecule has 3 aromatic rings. The molecule has 0 radical (unpaired) electrons. The van der Waals surface area contributed by atoms with Crippen LogP contribution in [0.3, 0.4) is 0 Å². The number of aromatic nitrogens is 1. The molecule has 1 saturated carbocycles. The molecular formula is C25H26N2O5. The Labute approximate surface area is 185 Å². The summed E-state index contributed by atoms with van der Waals surface area (Å²) in [5.74, 6) is 1.24. The maximum atomic E-state index is 13.3. The Hall–Kier alpha value is -3.22. The first-order valence-electron chi connectivity index (χ1n) is 11.4. The van der Waals surface area contributed by atoms with E-state index in [1.165, 1.54) is 18.4 Å². The fourth-order valence-electron chi connectivity index (χ4n) is 5.71. The Bertz CT molecular complexity index is 1250. The Balaban J connectivity index is 1.27. The van der Waals surface area contributed by atoms with E-state index in [-0.39, 0.29) is 17.7 Å². The van der Waals surface area contributed by atoms with Gasteiger partial charge in [-0.3, -0.25) is 9.36 Å². The number of ether oxygens (including phenoxy) is 2. The third kappa shape index (κ3) is 3.10. The van der Waals surface area contributed by atoms with Crippen molar-refractivity contribution in [3.05, 3.63) is 58.1 Å². The van der Waals surface area contributed by atoms with E-state index >= 15 is 0 Å². The second kappa shape index (κ2) is 7.43. The molecule has 0 atom stereocenters. The molecular weight excluding hydrogens is 408 g/mol. The standard InChI is InChI=1S/C25H26N2O5/c28-23(7-10-27-19-5-1-2-6-20(19)32-24(27)29)26-15-17-13-21-22(31-12-11-30-21)14-18(17)25(16-26)8-3-4-9-25/h1-2,5-6,13-14H,3-4,7-12,15-16H2. The van der Waals surface area contributed by atoms with E-state index in [0.29, 0.717) is 31.9 Å². The van der Waals surface area contributed by atoms with E-state index in [2.05, 4.69) is 12.1 Å². The fourth-order valence-corrected chi connectivity index (χ4v) is 5.71. The maximum absolute atomic E-state index is 13.3. The van der Waals surface area contributed by atoms with Crippen LogP contribution in [0.2, 0.25) is 0 Å². The highest BCUT2D eigenvalue weighted by atomic mass is 16.6. The Morgan fingerprint density at radius 1 is 1.03 bits per heavy atom. The van der Waals surface area contributed by atoms with Crippen LogP contribution in [0.5, 0.6) is 11.5 Å². The molecule has 1 aliphatic carbocycles. The summed E-state index contributed by atoms with van der Waals surface area (Å²) >= 11 is 0. The number of nitrogens with zero attached hydrogens (tertiary/aromatic N) is 2. The van der Waals surface area contributed by atoms with Crippen LogP contribution >= 0.6 is 0 Å². The summed E-state index contributed by atoms with van der Waals surface area (Å²) < 4.78 is 18.5. The first-order chi connectivity index (χ1) is 15.6. The Morgan fingerprint density at radius 2 is 1.78 bits per heavy atom. The predicted octanol–water partition coefficient (Wildman–Crippen LogP) is 3.61. The van der Waals surface area contributed by atoms with Crippen molar-refractivity contribution < 1.29 is 18.7 Å². The van der Waals surface area contributed by atoms with E-state index in [9.17, 15) is 9.59 Å². The van der Waals surface area contributed by atoms with Crippen molar-refractivity contribution in [2.24, 2.45) is 0 Å². The maximum Gasteiger partial charge on any atom is 0.419 e. The summed E-state index contributed by atoms with van der Waals surface area (Å²) in [6, 6.07) is 11.5. The molecule has 0 bridgehead atoms. The molecule has 1 aromatic heterocycles. The van der Waals surface area contributed by atoms with Crippen LogP contribution in [-0.2, 0) is 23.3 Å². The predicted molar refractivity (Wildman–Crippen MR) is 118 cm³/mol. The fraction of sp³-hybridized carbons (Fsp3) is 0.440. The van der Waals surface area contributed by atoms with Crippen molar-refractivity contribution in [2.75, 3.05) is 19.8 Å². The highest BCUT2D eigenvalue weighted by Gasteiger charge is 2.43. The van der Waals surface area contributed by atoms with Crippen molar-refractivity contribution in [3.63, 3.8) is 0 Å². The highest BCUT2D eigenvalue weighted by molar-refractivity contribution is 5.78. The molecule has 6 rings (SSSR count). The molecule has 1 spiro atoms. The van der Waals surface area contributed by atoms with E-state index in [1.807, 2.05) is 23.1 Å². The zero-order chi connectivity index (χ0) is 21.7. The van der Waals surface area contributed by atoms with Crippen LogP contribution in [0.15, 0.2) is 45.6 Å². The minimum atomic E-state index is -0.418. The van der Waals surface area contributed by atoms with Gasteiger partial charge < -0.3 is 18.8 Å². The molecule has 3 heterocycles. The molecule has 7 nitrogen and oxygen atoms in total. The smallest absolute Gasteiger partial charge is 0.419 e. The van der Waals surface area contributed by atoms with E-state index in [1.54, 1.807) is 10.6 Å². The van der Waals surface area contributed by atoms with Gasteiger partial charge in [0.1, 0.15) is 13.2 Å². The molecule has 2 aliphatic heterocycles. The van der Waals surface area contributed by atoms with Crippen LogP contribution in [-0.4, -0.2) is 35.1 Å². The number of aryl methyl sites for hydroxylation is 1. The second-order valence-corrected chi connectivity index (χ2v) is 9.13. The molecule has 0 N–H and O–H groups in total. The molecule has 0 unspecified atom stereocenters. The minimum absolute atomic E-state index is 0.0156. The van der Waals surface area contributed by atoms with Gasteiger partial charge in [-0.25, -0.2) is 4.79 Å². The van der Waals surface area contributed by atoms with Crippen LogP contribution < -0.4 is 15.2 Å². The third-order valence-corrected chi connectivity index (χ3v) is 7.23. The van der Waals surface area contributed by atoms with Crippen molar-refractivity contribution >= 4 is 17.0 Å². The zero-order valence-corrected chi connectivity index (χ0v) is 18.0. The quantitative estimate of drug-likeness (QED) is 0.630. The number of fused-ring (bicyclic) bond motifs is 4. The van der Waals surface area contributed by atoms with Gasteiger partial charge in [-0.15, -0.1) is 0 Å². The summed E-state index contributed by atoms with van der Waals surface area (Å²) in [7, 11) is 0. The van der Waals surface area contributed by atoms with Gasteiger partial charge in [-0.2, -0.15) is 0 Å². The van der Waals surface area contributed by atoms with Gasteiger partial charge in [0.15, 0.2) is 17.1 Å². The van der Waals surface area contributed by atoms with Gasteiger partial charge in [0.25, 0.3) is 0 Å². The normalized spacial score (nSPS) is 18.8. The summed E-state index contributed by atoms with van der Waals surface area (Å²) in [5, 5.41) is 0. The molecule has 32 heavy (non-hydrogen) atoms. The van der Waals surface area contributed by atoms with Gasteiger partial charge in [0.05, 0.1) is 5.52 Å². The number of para-hydroxylation sites is 2. The summed E-state index contributed by atoms with van der Waals surface area (Å²) in [6.07, 6.45) is 4.77. The van der Waals surface area contributed by atoms with Crippen LogP contribution in [0, 0.1) is 0 Å².